The quantitative estimate of drug-likeness (QED) is 0.689. The number of aromatic nitrogens is 2. The zero-order chi connectivity index (χ0) is 20.3. The molecule has 0 spiro atoms. The largest absolute Gasteiger partial charge is 0.490 e. The third kappa shape index (κ3) is 5.37. The van der Waals surface area contributed by atoms with Crippen molar-refractivity contribution in [1.82, 2.24) is 15.5 Å². The second kappa shape index (κ2) is 8.08. The van der Waals surface area contributed by atoms with E-state index < -0.39 is 11.7 Å². The van der Waals surface area contributed by atoms with Crippen LogP contribution in [0.25, 0.3) is 0 Å². The van der Waals surface area contributed by atoms with Crippen molar-refractivity contribution in [3.8, 4) is 5.75 Å². The van der Waals surface area contributed by atoms with Crippen LogP contribution in [0.15, 0.2) is 30.5 Å². The van der Waals surface area contributed by atoms with E-state index in [9.17, 15) is 9.18 Å². The summed E-state index contributed by atoms with van der Waals surface area (Å²) in [5.74, 6) is 1.05. The molecule has 3 rings (SSSR count). The van der Waals surface area contributed by atoms with Gasteiger partial charge in [0.15, 0.2) is 0 Å². The van der Waals surface area contributed by atoms with Crippen molar-refractivity contribution in [2.24, 2.45) is 0 Å². The molecule has 8 heteroatoms. The van der Waals surface area contributed by atoms with Gasteiger partial charge in [0.25, 0.3) is 0 Å². The molecular formula is C20H27FN4O3. The van der Waals surface area contributed by atoms with E-state index in [1.807, 2.05) is 27.7 Å². The number of alkyl carbamates (subject to hydrolysis) is 1. The molecule has 0 saturated heterocycles. The first-order valence-corrected chi connectivity index (χ1v) is 9.41. The third-order valence-electron chi connectivity index (χ3n) is 4.42. The number of carbonyl (C=O) groups is 1. The number of hydrogen-bond acceptors (Lipinski definition) is 5. The zero-order valence-corrected chi connectivity index (χ0v) is 16.6. The Morgan fingerprint density at radius 3 is 2.71 bits per heavy atom. The third-order valence-corrected chi connectivity index (χ3v) is 4.42. The summed E-state index contributed by atoms with van der Waals surface area (Å²) >= 11 is 0. The molecule has 1 unspecified atom stereocenters. The van der Waals surface area contributed by atoms with Crippen LogP contribution in [0.3, 0.4) is 0 Å². The van der Waals surface area contributed by atoms with E-state index in [0.717, 1.165) is 11.4 Å². The number of H-pyrrole nitrogens is 1. The lowest BCUT2D eigenvalue weighted by Crippen LogP contribution is -2.50. The first kappa shape index (κ1) is 20.0. The molecule has 0 aliphatic heterocycles. The van der Waals surface area contributed by atoms with Crippen LogP contribution < -0.4 is 15.4 Å². The molecule has 1 aliphatic carbocycles. The molecule has 1 heterocycles. The molecule has 1 amide bonds. The van der Waals surface area contributed by atoms with E-state index in [1.165, 1.54) is 12.1 Å². The van der Waals surface area contributed by atoms with E-state index in [2.05, 4.69) is 20.8 Å². The highest BCUT2D eigenvalue weighted by atomic mass is 19.1. The van der Waals surface area contributed by atoms with Crippen molar-refractivity contribution in [3.63, 3.8) is 0 Å². The number of amides is 1. The first-order valence-electron chi connectivity index (χ1n) is 9.41. The van der Waals surface area contributed by atoms with Crippen molar-refractivity contribution >= 4 is 11.9 Å². The van der Waals surface area contributed by atoms with E-state index in [-0.39, 0.29) is 24.0 Å². The van der Waals surface area contributed by atoms with Gasteiger partial charge in [0, 0.05) is 24.4 Å². The Balaban J connectivity index is 1.56. The van der Waals surface area contributed by atoms with Gasteiger partial charge in [-0.25, -0.2) is 9.18 Å². The number of anilines is 1. The van der Waals surface area contributed by atoms with Crippen LogP contribution in [-0.4, -0.2) is 34.0 Å². The highest BCUT2D eigenvalue weighted by Crippen LogP contribution is 2.33. The van der Waals surface area contributed by atoms with Gasteiger partial charge in [0.2, 0.25) is 0 Å². The molecule has 1 atom stereocenters. The minimum absolute atomic E-state index is 0.0179. The van der Waals surface area contributed by atoms with Crippen LogP contribution >= 0.6 is 0 Å². The standard InChI is InChI=1S/C20H27FN4O3/c1-12(23-18-7-8-22-25-18)16-9-13(21)5-6-17(16)27-15-10-14(11-15)24-19(26)28-20(2,3)4/h5-9,12,14-15H,10-11H2,1-4H3,(H,24,26)(H2,22,23,25). The number of benzene rings is 1. The Bertz CT molecular complexity index is 798. The molecule has 1 aromatic heterocycles. The summed E-state index contributed by atoms with van der Waals surface area (Å²) in [6.45, 7) is 7.41. The monoisotopic (exact) mass is 390 g/mol. The molecule has 2 aromatic rings. The minimum atomic E-state index is -0.523. The summed E-state index contributed by atoms with van der Waals surface area (Å²) in [4.78, 5) is 11.8. The van der Waals surface area contributed by atoms with E-state index in [0.29, 0.717) is 18.6 Å². The lowest BCUT2D eigenvalue weighted by atomic mass is 9.89. The topological polar surface area (TPSA) is 88.3 Å². The number of rotatable bonds is 6. The fraction of sp³-hybridized carbons (Fsp3) is 0.500. The molecule has 0 bridgehead atoms. The summed E-state index contributed by atoms with van der Waals surface area (Å²) in [7, 11) is 0. The summed E-state index contributed by atoms with van der Waals surface area (Å²) in [5, 5.41) is 12.8. The fourth-order valence-corrected chi connectivity index (χ4v) is 3.05. The van der Waals surface area contributed by atoms with Crippen molar-refractivity contribution < 1.29 is 18.7 Å². The van der Waals surface area contributed by atoms with Gasteiger partial charge in [-0.05, 0) is 52.0 Å². The number of nitrogens with zero attached hydrogens (tertiary/aromatic N) is 1. The molecule has 1 saturated carbocycles. The minimum Gasteiger partial charge on any atom is -0.490 e. The van der Waals surface area contributed by atoms with E-state index in [1.54, 1.807) is 18.3 Å². The van der Waals surface area contributed by atoms with Crippen LogP contribution in [-0.2, 0) is 4.74 Å². The molecule has 3 N–H and O–H groups in total. The number of ether oxygens (including phenoxy) is 2. The lowest BCUT2D eigenvalue weighted by Gasteiger charge is -2.36. The molecular weight excluding hydrogens is 363 g/mol. The number of carbonyl (C=O) groups excluding carboxylic acids is 1. The van der Waals surface area contributed by atoms with Gasteiger partial charge in [-0.3, -0.25) is 5.10 Å². The van der Waals surface area contributed by atoms with Crippen molar-refractivity contribution in [2.45, 2.75) is 64.3 Å². The number of hydrogen-bond donors (Lipinski definition) is 3. The highest BCUT2D eigenvalue weighted by Gasteiger charge is 2.34. The first-order chi connectivity index (χ1) is 13.2. The molecule has 0 radical (unpaired) electrons. The Kier molecular flexibility index (Phi) is 5.76. The van der Waals surface area contributed by atoms with Crippen LogP contribution in [0, 0.1) is 5.82 Å². The Morgan fingerprint density at radius 1 is 1.32 bits per heavy atom. The number of aromatic amines is 1. The van der Waals surface area contributed by atoms with Crippen LogP contribution in [0.4, 0.5) is 15.0 Å². The van der Waals surface area contributed by atoms with Crippen LogP contribution in [0.2, 0.25) is 0 Å². The predicted octanol–water partition coefficient (Wildman–Crippen LogP) is 4.16. The van der Waals surface area contributed by atoms with Gasteiger partial charge in [0.05, 0.1) is 12.2 Å². The summed E-state index contributed by atoms with van der Waals surface area (Å²) in [5.41, 5.74) is 0.197. The van der Waals surface area contributed by atoms with Gasteiger partial charge < -0.3 is 20.1 Å². The van der Waals surface area contributed by atoms with E-state index >= 15 is 0 Å². The van der Waals surface area contributed by atoms with E-state index in [4.69, 9.17) is 9.47 Å². The molecule has 1 fully saturated rings. The smallest absolute Gasteiger partial charge is 0.407 e. The lowest BCUT2D eigenvalue weighted by molar-refractivity contribution is 0.0360. The van der Waals surface area contributed by atoms with Crippen molar-refractivity contribution in [3.05, 3.63) is 41.8 Å². The molecule has 1 aromatic carbocycles. The second-order valence-electron chi connectivity index (χ2n) is 8.07. The second-order valence-corrected chi connectivity index (χ2v) is 8.07. The predicted molar refractivity (Wildman–Crippen MR) is 104 cm³/mol. The normalized spacial score (nSPS) is 20.0. The van der Waals surface area contributed by atoms with Gasteiger partial charge in [-0.15, -0.1) is 0 Å². The van der Waals surface area contributed by atoms with Gasteiger partial charge in [0.1, 0.15) is 29.1 Å². The SMILES string of the molecule is CC(Nc1ccn[nH]1)c1cc(F)ccc1OC1CC(NC(=O)OC(C)(C)C)C1. The van der Waals surface area contributed by atoms with Gasteiger partial charge in [-0.2, -0.15) is 5.10 Å². The van der Waals surface area contributed by atoms with Gasteiger partial charge in [-0.1, -0.05) is 0 Å². The Hall–Kier alpha value is -2.77. The van der Waals surface area contributed by atoms with Crippen molar-refractivity contribution in [1.29, 1.82) is 0 Å². The molecule has 152 valence electrons. The average Bonchev–Trinajstić information content (AvgIpc) is 3.05. The summed E-state index contributed by atoms with van der Waals surface area (Å²) < 4.78 is 25.1. The molecule has 7 nitrogen and oxygen atoms in total. The number of halogens is 1. The average molecular weight is 390 g/mol. The maximum atomic E-state index is 13.8. The van der Waals surface area contributed by atoms with Crippen LogP contribution in [0.5, 0.6) is 5.75 Å². The fourth-order valence-electron chi connectivity index (χ4n) is 3.05. The molecule has 1 aliphatic rings. The number of nitrogens with one attached hydrogen (secondary N) is 3. The summed E-state index contributed by atoms with van der Waals surface area (Å²) in [6, 6.07) is 6.14. The van der Waals surface area contributed by atoms with Crippen LogP contribution in [0.1, 0.15) is 52.1 Å². The zero-order valence-electron chi connectivity index (χ0n) is 16.6. The Labute approximate surface area is 164 Å². The molecule has 28 heavy (non-hydrogen) atoms. The maximum absolute atomic E-state index is 13.8. The highest BCUT2D eigenvalue weighted by molar-refractivity contribution is 5.68. The Morgan fingerprint density at radius 2 is 2.07 bits per heavy atom. The summed E-state index contributed by atoms with van der Waals surface area (Å²) in [6.07, 6.45) is 2.54. The maximum Gasteiger partial charge on any atom is 0.407 e. The van der Waals surface area contributed by atoms with Gasteiger partial charge >= 0.3 is 6.09 Å². The van der Waals surface area contributed by atoms with Crippen molar-refractivity contribution in [2.75, 3.05) is 5.32 Å².